The first-order chi connectivity index (χ1) is 16.5. The second-order valence-corrected chi connectivity index (χ2v) is 8.95. The first kappa shape index (κ1) is 24.8. The van der Waals surface area contributed by atoms with Gasteiger partial charge in [0, 0.05) is 44.2 Å². The number of hydrogen-bond donors (Lipinski definition) is 2. The molecule has 0 aromatic heterocycles. The van der Waals surface area contributed by atoms with Gasteiger partial charge in [0.1, 0.15) is 6.04 Å². The van der Waals surface area contributed by atoms with E-state index < -0.39 is 12.2 Å². The van der Waals surface area contributed by atoms with E-state index >= 15 is 0 Å². The van der Waals surface area contributed by atoms with Gasteiger partial charge in [0.15, 0.2) is 0 Å². The van der Waals surface area contributed by atoms with Crippen molar-refractivity contribution in [3.05, 3.63) is 59.7 Å². The molecule has 34 heavy (non-hydrogen) atoms. The monoisotopic (exact) mass is 477 g/mol. The van der Waals surface area contributed by atoms with E-state index in [4.69, 9.17) is 9.47 Å². The second kappa shape index (κ2) is 11.9. The Balaban J connectivity index is 1.47. The van der Waals surface area contributed by atoms with Crippen molar-refractivity contribution < 1.29 is 22.6 Å². The molecule has 0 aliphatic carbocycles. The van der Waals surface area contributed by atoms with E-state index in [1.807, 2.05) is 12.1 Å². The quantitative estimate of drug-likeness (QED) is 0.472. The van der Waals surface area contributed by atoms with Crippen molar-refractivity contribution >= 4 is 11.4 Å². The molecule has 4 rings (SSSR count). The first-order valence-electron chi connectivity index (χ1n) is 12.1. The Kier molecular flexibility index (Phi) is 8.69. The van der Waals surface area contributed by atoms with Gasteiger partial charge in [-0.25, -0.2) is 0 Å². The summed E-state index contributed by atoms with van der Waals surface area (Å²) < 4.78 is 52.6. The summed E-state index contributed by atoms with van der Waals surface area (Å²) in [6, 6.07) is 11.8. The number of halogens is 3. The zero-order valence-corrected chi connectivity index (χ0v) is 19.4. The van der Waals surface area contributed by atoms with E-state index in [0.717, 1.165) is 69.9 Å². The molecule has 1 atom stereocenters. The highest BCUT2D eigenvalue weighted by molar-refractivity contribution is 5.61. The molecule has 2 aliphatic rings. The lowest BCUT2D eigenvalue weighted by atomic mass is 9.89. The van der Waals surface area contributed by atoms with Gasteiger partial charge in [-0.2, -0.15) is 13.2 Å². The third-order valence-corrected chi connectivity index (χ3v) is 6.55. The number of anilines is 2. The average Bonchev–Trinajstić information content (AvgIpc) is 2.86. The Morgan fingerprint density at radius 3 is 2.35 bits per heavy atom. The fourth-order valence-electron chi connectivity index (χ4n) is 4.68. The lowest BCUT2D eigenvalue weighted by Gasteiger charge is -2.28. The zero-order chi connectivity index (χ0) is 23.8. The maximum absolute atomic E-state index is 13.9. The maximum Gasteiger partial charge on any atom is 0.412 e. The van der Waals surface area contributed by atoms with Crippen LogP contribution in [0.4, 0.5) is 24.5 Å². The molecule has 2 fully saturated rings. The van der Waals surface area contributed by atoms with Crippen LogP contribution in [0, 0.1) is 0 Å². The van der Waals surface area contributed by atoms with Crippen LogP contribution in [0.3, 0.4) is 0 Å². The van der Waals surface area contributed by atoms with Crippen LogP contribution in [0.25, 0.3) is 0 Å². The number of ether oxygens (including phenoxy) is 2. The highest BCUT2D eigenvalue weighted by Gasteiger charge is 2.41. The molecule has 0 spiro atoms. The molecule has 5 nitrogen and oxygen atoms in total. The van der Waals surface area contributed by atoms with Crippen LogP contribution in [0.2, 0.25) is 0 Å². The molecule has 0 radical (unpaired) electrons. The number of benzene rings is 2. The first-order valence-corrected chi connectivity index (χ1v) is 12.1. The van der Waals surface area contributed by atoms with Gasteiger partial charge in [0.25, 0.3) is 0 Å². The number of alkyl halides is 3. The minimum absolute atomic E-state index is 0.202. The second-order valence-electron chi connectivity index (χ2n) is 8.95. The van der Waals surface area contributed by atoms with Gasteiger partial charge >= 0.3 is 6.18 Å². The van der Waals surface area contributed by atoms with Gasteiger partial charge < -0.3 is 20.1 Å². The third-order valence-electron chi connectivity index (χ3n) is 6.55. The Labute approximate surface area is 199 Å². The summed E-state index contributed by atoms with van der Waals surface area (Å²) in [4.78, 5) is 2.40. The Morgan fingerprint density at radius 2 is 1.65 bits per heavy atom. The van der Waals surface area contributed by atoms with E-state index in [0.29, 0.717) is 18.9 Å². The fourth-order valence-corrected chi connectivity index (χ4v) is 4.68. The lowest BCUT2D eigenvalue weighted by molar-refractivity contribution is -0.144. The van der Waals surface area contributed by atoms with Crippen LogP contribution in [0.5, 0.6) is 0 Å². The van der Waals surface area contributed by atoms with Gasteiger partial charge in [-0.15, -0.1) is 0 Å². The van der Waals surface area contributed by atoms with Crippen LogP contribution >= 0.6 is 0 Å². The van der Waals surface area contributed by atoms with Crippen molar-refractivity contribution in [3.8, 4) is 0 Å². The van der Waals surface area contributed by atoms with E-state index in [2.05, 4.69) is 15.5 Å². The summed E-state index contributed by atoms with van der Waals surface area (Å²) in [5.74, 6) is 0.262. The number of rotatable bonds is 9. The number of nitrogens with one attached hydrogen (secondary N) is 2. The molecule has 2 saturated heterocycles. The van der Waals surface area contributed by atoms with Crippen molar-refractivity contribution in [2.75, 3.05) is 63.2 Å². The highest BCUT2D eigenvalue weighted by Crippen LogP contribution is 2.38. The normalized spacial score (nSPS) is 19.0. The lowest BCUT2D eigenvalue weighted by Crippen LogP contribution is -2.37. The predicted molar refractivity (Wildman–Crippen MR) is 128 cm³/mol. The minimum atomic E-state index is -4.41. The Morgan fingerprint density at radius 1 is 0.941 bits per heavy atom. The average molecular weight is 478 g/mol. The smallest absolute Gasteiger partial charge is 0.385 e. The molecule has 2 N–H and O–H groups in total. The zero-order valence-electron chi connectivity index (χ0n) is 19.4. The van der Waals surface area contributed by atoms with E-state index in [-0.39, 0.29) is 11.5 Å². The van der Waals surface area contributed by atoms with E-state index in [9.17, 15) is 13.2 Å². The molecule has 0 amide bonds. The van der Waals surface area contributed by atoms with Gasteiger partial charge in [-0.1, -0.05) is 30.3 Å². The van der Waals surface area contributed by atoms with Crippen molar-refractivity contribution in [1.29, 1.82) is 0 Å². The van der Waals surface area contributed by atoms with Gasteiger partial charge in [0.2, 0.25) is 0 Å². The topological polar surface area (TPSA) is 45.8 Å². The summed E-state index contributed by atoms with van der Waals surface area (Å²) >= 11 is 0. The summed E-state index contributed by atoms with van der Waals surface area (Å²) in [6.07, 6.45) is -1.67. The van der Waals surface area contributed by atoms with Crippen LogP contribution in [-0.2, 0) is 9.47 Å². The molecule has 0 saturated carbocycles. The largest absolute Gasteiger partial charge is 0.412 e. The number of nitrogens with zero attached hydrogens (tertiary/aromatic N) is 1. The maximum atomic E-state index is 13.9. The minimum Gasteiger partial charge on any atom is -0.385 e. The van der Waals surface area contributed by atoms with Gasteiger partial charge in [0.05, 0.1) is 13.2 Å². The van der Waals surface area contributed by atoms with Crippen LogP contribution in [0.1, 0.15) is 42.3 Å². The summed E-state index contributed by atoms with van der Waals surface area (Å²) in [5, 5.41) is 6.29. The van der Waals surface area contributed by atoms with E-state index in [1.165, 1.54) is 12.1 Å². The molecule has 0 bridgehead atoms. The van der Waals surface area contributed by atoms with Crippen LogP contribution in [0.15, 0.2) is 48.5 Å². The molecule has 2 aliphatic heterocycles. The molecule has 2 aromatic rings. The molecular formula is C26H34F3N3O2. The number of morpholine rings is 1. The van der Waals surface area contributed by atoms with Crippen LogP contribution < -0.4 is 10.6 Å². The van der Waals surface area contributed by atoms with Crippen LogP contribution in [-0.4, -0.2) is 63.7 Å². The summed E-state index contributed by atoms with van der Waals surface area (Å²) in [6.45, 7) is 6.69. The van der Waals surface area contributed by atoms with Crippen molar-refractivity contribution in [2.24, 2.45) is 0 Å². The summed E-state index contributed by atoms with van der Waals surface area (Å²) in [5.41, 5.74) is 2.75. The highest BCUT2D eigenvalue weighted by atomic mass is 19.4. The molecule has 2 heterocycles. The predicted octanol–water partition coefficient (Wildman–Crippen LogP) is 5.43. The molecule has 8 heteroatoms. The van der Waals surface area contributed by atoms with Gasteiger partial charge in [-0.05, 0) is 61.1 Å². The Bertz CT molecular complexity index is 883. The Hall–Kier alpha value is -2.29. The van der Waals surface area contributed by atoms with Gasteiger partial charge in [-0.3, -0.25) is 4.90 Å². The SMILES string of the molecule is FC(F)(F)C(Nc1ccc(NCCCN2CCOCC2)c(C2CCOCC2)c1)c1ccccc1. The molecule has 186 valence electrons. The summed E-state index contributed by atoms with van der Waals surface area (Å²) in [7, 11) is 0. The molecular weight excluding hydrogens is 443 g/mol. The van der Waals surface area contributed by atoms with Crippen molar-refractivity contribution in [1.82, 2.24) is 4.90 Å². The van der Waals surface area contributed by atoms with Crippen molar-refractivity contribution in [3.63, 3.8) is 0 Å². The van der Waals surface area contributed by atoms with E-state index in [1.54, 1.807) is 24.3 Å². The number of hydrogen-bond acceptors (Lipinski definition) is 5. The standard InChI is InChI=1S/C26H34F3N3O2/c27-26(28,29)25(21-5-2-1-3-6-21)31-22-7-8-24(23(19-22)20-9-15-33-16-10-20)30-11-4-12-32-13-17-34-18-14-32/h1-3,5-8,19-20,25,30-31H,4,9-18H2. The van der Waals surface area contributed by atoms with Crippen molar-refractivity contribution in [2.45, 2.75) is 37.4 Å². The molecule has 2 aromatic carbocycles. The fraction of sp³-hybridized carbons (Fsp3) is 0.538. The third kappa shape index (κ3) is 6.87. The molecule has 1 unspecified atom stereocenters.